The minimum absolute atomic E-state index is 0.128. The summed E-state index contributed by atoms with van der Waals surface area (Å²) in [5.41, 5.74) is 1.05. The van der Waals surface area contributed by atoms with Crippen LogP contribution in [-0.4, -0.2) is 30.5 Å². The van der Waals surface area contributed by atoms with Gasteiger partial charge in [0.15, 0.2) is 11.5 Å². The lowest BCUT2D eigenvalue weighted by Gasteiger charge is -2.17. The molecule has 0 saturated heterocycles. The molecule has 142 valence electrons. The first-order valence-electron chi connectivity index (χ1n) is 9.19. The second-order valence-electron chi connectivity index (χ2n) is 6.24. The number of ether oxygens (including phenoxy) is 2. The van der Waals surface area contributed by atoms with E-state index in [-0.39, 0.29) is 17.0 Å². The Labute approximate surface area is 156 Å². The molecule has 0 fully saturated rings. The average Bonchev–Trinajstić information content (AvgIpc) is 2.63. The molecule has 2 unspecified atom stereocenters. The second kappa shape index (κ2) is 12.1. The van der Waals surface area contributed by atoms with Gasteiger partial charge in [-0.25, -0.2) is 0 Å². The smallest absolute Gasteiger partial charge is 0.315 e. The number of rotatable bonds is 12. The van der Waals surface area contributed by atoms with E-state index in [0.29, 0.717) is 24.0 Å². The fourth-order valence-electron chi connectivity index (χ4n) is 2.66. The lowest BCUT2D eigenvalue weighted by molar-refractivity contribution is -0.141. The number of unbranched alkanes of at least 4 members (excludes halogenated alkanes) is 1. The van der Waals surface area contributed by atoms with Crippen molar-refractivity contribution >= 4 is 17.7 Å². The van der Waals surface area contributed by atoms with Crippen LogP contribution in [0.2, 0.25) is 0 Å². The first-order valence-corrected chi connectivity index (χ1v) is 10.2. The Bertz CT molecular complexity index is 518. The maximum atomic E-state index is 12.1. The molecule has 0 spiro atoms. The molecule has 1 aromatic carbocycles. The van der Waals surface area contributed by atoms with Gasteiger partial charge in [-0.15, -0.1) is 11.8 Å². The molecule has 0 aliphatic heterocycles. The van der Waals surface area contributed by atoms with E-state index in [2.05, 4.69) is 20.8 Å². The van der Waals surface area contributed by atoms with Crippen LogP contribution in [0.4, 0.5) is 0 Å². The van der Waals surface area contributed by atoms with Gasteiger partial charge in [-0.1, -0.05) is 46.1 Å². The summed E-state index contributed by atoms with van der Waals surface area (Å²) >= 11 is 1.57. The summed E-state index contributed by atoms with van der Waals surface area (Å²) in [6.07, 6.45) is 5.42. The van der Waals surface area contributed by atoms with Gasteiger partial charge in [0.05, 0.1) is 19.5 Å². The fourth-order valence-corrected chi connectivity index (χ4v) is 3.66. The van der Waals surface area contributed by atoms with Gasteiger partial charge in [0, 0.05) is 5.25 Å². The van der Waals surface area contributed by atoms with Crippen LogP contribution in [0.25, 0.3) is 0 Å². The summed E-state index contributed by atoms with van der Waals surface area (Å²) in [6, 6.07) is 5.34. The van der Waals surface area contributed by atoms with Crippen molar-refractivity contribution in [3.05, 3.63) is 23.8 Å². The zero-order chi connectivity index (χ0) is 18.7. The Morgan fingerprint density at radius 2 is 2.00 bits per heavy atom. The van der Waals surface area contributed by atoms with Crippen LogP contribution < -0.4 is 4.74 Å². The van der Waals surface area contributed by atoms with E-state index in [1.165, 1.54) is 20.0 Å². The lowest BCUT2D eigenvalue weighted by Crippen LogP contribution is -2.15. The summed E-state index contributed by atoms with van der Waals surface area (Å²) in [7, 11) is 1.53. The zero-order valence-corrected chi connectivity index (χ0v) is 16.7. The highest BCUT2D eigenvalue weighted by Crippen LogP contribution is 2.36. The number of hydrogen-bond acceptors (Lipinski definition) is 5. The molecule has 0 aromatic heterocycles. The number of methoxy groups -OCH3 is 1. The molecule has 0 aliphatic carbocycles. The third-order valence-electron chi connectivity index (χ3n) is 4.37. The summed E-state index contributed by atoms with van der Waals surface area (Å²) < 4.78 is 10.6. The number of thioether (sulfide) groups is 1. The van der Waals surface area contributed by atoms with Gasteiger partial charge in [-0.05, 0) is 36.5 Å². The number of phenolic OH excluding ortho intramolecular Hbond substituents is 1. The van der Waals surface area contributed by atoms with Crippen LogP contribution in [0.3, 0.4) is 0 Å². The normalized spacial score (nSPS) is 13.3. The molecule has 5 heteroatoms. The van der Waals surface area contributed by atoms with E-state index in [1.54, 1.807) is 17.8 Å². The first kappa shape index (κ1) is 21.7. The topological polar surface area (TPSA) is 55.8 Å². The Morgan fingerprint density at radius 1 is 1.24 bits per heavy atom. The largest absolute Gasteiger partial charge is 0.504 e. The molecule has 0 heterocycles. The molecule has 1 N–H and O–H groups in total. The number of aromatic hydroxyl groups is 1. The SMILES string of the molecule is CCCCC(CC)COC(=O)CSC(CC)c1ccc(O)c(OC)c1. The molecule has 0 amide bonds. The van der Waals surface area contributed by atoms with E-state index in [4.69, 9.17) is 9.47 Å². The van der Waals surface area contributed by atoms with E-state index < -0.39 is 0 Å². The summed E-state index contributed by atoms with van der Waals surface area (Å²) in [6.45, 7) is 6.94. The third kappa shape index (κ3) is 7.59. The van der Waals surface area contributed by atoms with Gasteiger partial charge in [-0.2, -0.15) is 0 Å². The highest BCUT2D eigenvalue weighted by molar-refractivity contribution is 8.00. The van der Waals surface area contributed by atoms with Gasteiger partial charge < -0.3 is 14.6 Å². The molecular weight excluding hydrogens is 336 g/mol. The van der Waals surface area contributed by atoms with Crippen LogP contribution >= 0.6 is 11.8 Å². The van der Waals surface area contributed by atoms with Crippen molar-refractivity contribution < 1.29 is 19.4 Å². The van der Waals surface area contributed by atoms with Crippen molar-refractivity contribution in [2.45, 2.75) is 58.1 Å². The quantitative estimate of drug-likeness (QED) is 0.504. The molecule has 0 aliphatic rings. The number of esters is 1. The van der Waals surface area contributed by atoms with Crippen molar-refractivity contribution in [3.8, 4) is 11.5 Å². The molecule has 0 radical (unpaired) electrons. The summed E-state index contributed by atoms with van der Waals surface area (Å²) in [5.74, 6) is 1.25. The van der Waals surface area contributed by atoms with Gasteiger partial charge in [-0.3, -0.25) is 4.79 Å². The number of hydrogen-bond donors (Lipinski definition) is 1. The molecule has 0 bridgehead atoms. The molecule has 0 saturated carbocycles. The molecule has 25 heavy (non-hydrogen) atoms. The second-order valence-corrected chi connectivity index (χ2v) is 7.43. The van der Waals surface area contributed by atoms with Crippen LogP contribution in [0.15, 0.2) is 18.2 Å². The predicted octanol–water partition coefficient (Wildman–Crippen LogP) is 5.34. The Morgan fingerprint density at radius 3 is 2.60 bits per heavy atom. The van der Waals surface area contributed by atoms with E-state index in [9.17, 15) is 9.90 Å². The van der Waals surface area contributed by atoms with E-state index >= 15 is 0 Å². The van der Waals surface area contributed by atoms with E-state index in [0.717, 1.165) is 24.8 Å². The van der Waals surface area contributed by atoms with Gasteiger partial charge in [0.2, 0.25) is 0 Å². The Balaban J connectivity index is 2.49. The minimum atomic E-state index is -0.149. The number of carbonyl (C=O) groups is 1. The Hall–Kier alpha value is -1.36. The average molecular weight is 369 g/mol. The van der Waals surface area contributed by atoms with Gasteiger partial charge in [0.25, 0.3) is 0 Å². The zero-order valence-electron chi connectivity index (χ0n) is 15.9. The lowest BCUT2D eigenvalue weighted by atomic mass is 10.0. The molecule has 2 atom stereocenters. The maximum Gasteiger partial charge on any atom is 0.315 e. The van der Waals surface area contributed by atoms with Gasteiger partial charge in [0.1, 0.15) is 0 Å². The number of benzene rings is 1. The van der Waals surface area contributed by atoms with Crippen molar-refractivity contribution in [1.82, 2.24) is 0 Å². The van der Waals surface area contributed by atoms with E-state index in [1.807, 2.05) is 12.1 Å². The Kier molecular flexibility index (Phi) is 10.5. The summed E-state index contributed by atoms with van der Waals surface area (Å²) in [5, 5.41) is 9.88. The molecule has 1 aromatic rings. The monoisotopic (exact) mass is 368 g/mol. The molecular formula is C20H32O4S. The predicted molar refractivity (Wildman–Crippen MR) is 104 cm³/mol. The van der Waals surface area contributed by atoms with Crippen LogP contribution in [0.5, 0.6) is 11.5 Å². The highest BCUT2D eigenvalue weighted by Gasteiger charge is 2.16. The highest BCUT2D eigenvalue weighted by atomic mass is 32.2. The third-order valence-corrected chi connectivity index (χ3v) is 5.78. The van der Waals surface area contributed by atoms with Crippen molar-refractivity contribution in [3.63, 3.8) is 0 Å². The summed E-state index contributed by atoms with van der Waals surface area (Å²) in [4.78, 5) is 12.1. The van der Waals surface area contributed by atoms with Crippen molar-refractivity contribution in [2.75, 3.05) is 19.5 Å². The maximum absolute atomic E-state index is 12.1. The fraction of sp³-hybridized carbons (Fsp3) is 0.650. The van der Waals surface area contributed by atoms with Crippen LogP contribution in [-0.2, 0) is 9.53 Å². The molecule has 1 rings (SSSR count). The standard InChI is InChI=1S/C20H32O4S/c1-5-8-9-15(6-2)13-24-20(22)14-25-19(7-3)16-10-11-17(21)18(12-16)23-4/h10-12,15,19,21H,5-9,13-14H2,1-4H3. The van der Waals surface area contributed by atoms with Crippen LogP contribution in [0.1, 0.15) is 63.7 Å². The van der Waals surface area contributed by atoms with Gasteiger partial charge >= 0.3 is 5.97 Å². The minimum Gasteiger partial charge on any atom is -0.504 e. The van der Waals surface area contributed by atoms with Crippen LogP contribution in [0, 0.1) is 5.92 Å². The number of carbonyl (C=O) groups excluding carboxylic acids is 1. The molecule has 4 nitrogen and oxygen atoms in total. The number of phenols is 1. The first-order chi connectivity index (χ1) is 12.0. The van der Waals surface area contributed by atoms with Crippen molar-refractivity contribution in [1.29, 1.82) is 0 Å². The van der Waals surface area contributed by atoms with Crippen molar-refractivity contribution in [2.24, 2.45) is 5.92 Å².